The van der Waals surface area contributed by atoms with E-state index in [0.717, 1.165) is 12.0 Å². The predicted octanol–water partition coefficient (Wildman–Crippen LogP) is 3.81. The summed E-state index contributed by atoms with van der Waals surface area (Å²) in [6.07, 6.45) is 6.00. The number of nitrogens with zero attached hydrogens (tertiary/aromatic N) is 3. The van der Waals surface area contributed by atoms with Gasteiger partial charge < -0.3 is 0 Å². The number of imide groups is 1. The van der Waals surface area contributed by atoms with E-state index in [0.29, 0.717) is 23.9 Å². The predicted molar refractivity (Wildman–Crippen MR) is 127 cm³/mol. The molecule has 6 atom stereocenters. The molecule has 1 aliphatic heterocycles. The molecule has 2 aromatic rings. The van der Waals surface area contributed by atoms with Gasteiger partial charge in [-0.3, -0.25) is 34.3 Å². The van der Waals surface area contributed by atoms with Gasteiger partial charge in [-0.25, -0.2) is 0 Å². The number of likely N-dealkylation sites (tertiary alicyclic amines) is 1. The summed E-state index contributed by atoms with van der Waals surface area (Å²) in [5.41, 5.74) is 1.67. The van der Waals surface area contributed by atoms with Crippen molar-refractivity contribution in [2.75, 3.05) is 11.6 Å². The van der Waals surface area contributed by atoms with Gasteiger partial charge >= 0.3 is 0 Å². The second kappa shape index (κ2) is 7.86. The van der Waals surface area contributed by atoms with Crippen LogP contribution in [-0.2, 0) is 16.0 Å². The Hall–Kier alpha value is -3.81. The number of hydrogen-bond acceptors (Lipinski definition) is 5. The van der Waals surface area contributed by atoms with Crippen LogP contribution in [0, 0.1) is 45.6 Å². The molecule has 0 radical (unpaired) electrons. The number of amides is 3. The third-order valence-electron chi connectivity index (χ3n) is 8.27. The number of carbonyl (C=O) groups excluding carboxylic acids is 3. The molecular weight excluding hydrogens is 446 g/mol. The quantitative estimate of drug-likeness (QED) is 0.276. The Bertz CT molecular complexity index is 1250. The van der Waals surface area contributed by atoms with E-state index in [2.05, 4.69) is 12.2 Å². The van der Waals surface area contributed by atoms with E-state index < -0.39 is 10.8 Å². The fourth-order valence-electron chi connectivity index (χ4n) is 6.50. The lowest BCUT2D eigenvalue weighted by Gasteiger charge is -2.37. The Morgan fingerprint density at radius 1 is 1.00 bits per heavy atom. The summed E-state index contributed by atoms with van der Waals surface area (Å²) < 4.78 is 0. The van der Waals surface area contributed by atoms with Crippen LogP contribution in [0.2, 0.25) is 0 Å². The van der Waals surface area contributed by atoms with Crippen LogP contribution in [0.1, 0.15) is 29.3 Å². The summed E-state index contributed by atoms with van der Waals surface area (Å²) in [6.45, 7) is 1.80. The lowest BCUT2D eigenvalue weighted by molar-refractivity contribution is -0.384. The van der Waals surface area contributed by atoms with Gasteiger partial charge in [-0.05, 0) is 60.3 Å². The molecule has 178 valence electrons. The average Bonchev–Trinajstić information content (AvgIpc) is 3.67. The van der Waals surface area contributed by atoms with Gasteiger partial charge in [-0.2, -0.15) is 0 Å². The van der Waals surface area contributed by atoms with Crippen LogP contribution >= 0.6 is 0 Å². The molecule has 2 saturated carbocycles. The number of aryl methyl sites for hydroxylation is 1. The van der Waals surface area contributed by atoms with Crippen molar-refractivity contribution >= 4 is 29.1 Å². The van der Waals surface area contributed by atoms with Crippen molar-refractivity contribution in [2.24, 2.45) is 35.5 Å². The van der Waals surface area contributed by atoms with Crippen LogP contribution in [-0.4, -0.2) is 34.2 Å². The number of nitro groups is 1. The van der Waals surface area contributed by atoms with Gasteiger partial charge in [0, 0.05) is 23.4 Å². The van der Waals surface area contributed by atoms with Gasteiger partial charge in [0.1, 0.15) is 6.67 Å². The van der Waals surface area contributed by atoms with Gasteiger partial charge in [0.15, 0.2) is 0 Å². The minimum atomic E-state index is -0.519. The Morgan fingerprint density at radius 3 is 2.17 bits per heavy atom. The monoisotopic (exact) mass is 471 g/mol. The van der Waals surface area contributed by atoms with Crippen molar-refractivity contribution < 1.29 is 19.3 Å². The molecule has 35 heavy (non-hydrogen) atoms. The van der Waals surface area contributed by atoms with E-state index in [-0.39, 0.29) is 53.4 Å². The maximum Gasteiger partial charge on any atom is 0.269 e. The summed E-state index contributed by atoms with van der Waals surface area (Å²) in [5, 5.41) is 11.1. The van der Waals surface area contributed by atoms with Crippen molar-refractivity contribution in [3.05, 3.63) is 81.9 Å². The van der Waals surface area contributed by atoms with Crippen LogP contribution in [0.3, 0.4) is 0 Å². The first kappa shape index (κ1) is 21.7. The number of para-hydroxylation sites is 1. The van der Waals surface area contributed by atoms with E-state index in [1.165, 1.54) is 34.1 Å². The summed E-state index contributed by atoms with van der Waals surface area (Å²) in [6, 6.07) is 12.8. The first-order chi connectivity index (χ1) is 16.9. The normalized spacial score (nSPS) is 29.7. The molecule has 2 aromatic carbocycles. The summed E-state index contributed by atoms with van der Waals surface area (Å²) in [7, 11) is 0. The van der Waals surface area contributed by atoms with E-state index in [1.807, 2.05) is 25.1 Å². The first-order valence-electron chi connectivity index (χ1n) is 12.1. The van der Waals surface area contributed by atoms with Gasteiger partial charge in [-0.1, -0.05) is 37.3 Å². The lowest BCUT2D eigenvalue weighted by atomic mass is 9.63. The van der Waals surface area contributed by atoms with Crippen molar-refractivity contribution in [2.45, 2.75) is 19.8 Å². The Kier molecular flexibility index (Phi) is 4.88. The van der Waals surface area contributed by atoms with Gasteiger partial charge in [0.2, 0.25) is 11.8 Å². The lowest BCUT2D eigenvalue weighted by Crippen LogP contribution is -2.45. The largest absolute Gasteiger partial charge is 0.289 e. The number of rotatable bonds is 6. The molecule has 3 fully saturated rings. The van der Waals surface area contributed by atoms with E-state index in [4.69, 9.17) is 0 Å². The van der Waals surface area contributed by atoms with Crippen molar-refractivity contribution in [1.29, 1.82) is 0 Å². The standard InChI is InChI=1S/C27H25N3O5/c1-2-15-5-3-4-6-22(15)28(25(31)16-7-9-17(10-8-16)30(34)35)14-29-26(32)23-18-11-12-19(21-13-20(18)21)24(23)27(29)33/h3-12,18-21,23-24H,2,13-14H2,1H3. The number of nitro benzene ring substituents is 1. The number of non-ortho nitro benzene ring substituents is 1. The van der Waals surface area contributed by atoms with Crippen molar-refractivity contribution in [3.8, 4) is 0 Å². The molecule has 2 bridgehead atoms. The van der Waals surface area contributed by atoms with Gasteiger partial charge in [-0.15, -0.1) is 0 Å². The van der Waals surface area contributed by atoms with Crippen LogP contribution in [0.4, 0.5) is 11.4 Å². The van der Waals surface area contributed by atoms with Gasteiger partial charge in [0.25, 0.3) is 11.6 Å². The maximum absolute atomic E-state index is 13.7. The van der Waals surface area contributed by atoms with Crippen molar-refractivity contribution in [3.63, 3.8) is 0 Å². The zero-order valence-electron chi connectivity index (χ0n) is 19.2. The molecule has 7 rings (SSSR count). The zero-order valence-corrected chi connectivity index (χ0v) is 19.2. The second-order valence-electron chi connectivity index (χ2n) is 9.92. The molecule has 4 aliphatic carbocycles. The van der Waals surface area contributed by atoms with Crippen LogP contribution in [0.15, 0.2) is 60.7 Å². The van der Waals surface area contributed by atoms with Crippen LogP contribution in [0.5, 0.6) is 0 Å². The van der Waals surface area contributed by atoms with E-state index in [9.17, 15) is 24.5 Å². The third kappa shape index (κ3) is 3.23. The van der Waals surface area contributed by atoms with E-state index >= 15 is 0 Å². The number of benzene rings is 2. The highest BCUT2D eigenvalue weighted by atomic mass is 16.6. The number of hydrogen-bond donors (Lipinski definition) is 0. The number of anilines is 1. The highest BCUT2D eigenvalue weighted by Gasteiger charge is 2.67. The minimum Gasteiger partial charge on any atom is -0.289 e. The Morgan fingerprint density at radius 2 is 1.60 bits per heavy atom. The van der Waals surface area contributed by atoms with E-state index in [1.54, 1.807) is 6.07 Å². The maximum atomic E-state index is 13.7. The Balaban J connectivity index is 1.35. The Labute approximate surface area is 202 Å². The minimum absolute atomic E-state index is 0.109. The van der Waals surface area contributed by atoms with Gasteiger partial charge in [0.05, 0.1) is 16.8 Å². The molecule has 6 unspecified atom stereocenters. The average molecular weight is 472 g/mol. The fraction of sp³-hybridized carbons (Fsp3) is 0.370. The van der Waals surface area contributed by atoms with Crippen LogP contribution < -0.4 is 4.90 Å². The molecule has 0 N–H and O–H groups in total. The smallest absolute Gasteiger partial charge is 0.269 e. The molecule has 1 heterocycles. The summed E-state index contributed by atoms with van der Waals surface area (Å²) >= 11 is 0. The zero-order chi connectivity index (χ0) is 24.4. The molecular formula is C27H25N3O5. The molecule has 5 aliphatic rings. The molecule has 0 aromatic heterocycles. The molecule has 8 heteroatoms. The molecule has 1 saturated heterocycles. The topological polar surface area (TPSA) is 101 Å². The fourth-order valence-corrected chi connectivity index (χ4v) is 6.50. The molecule has 0 spiro atoms. The summed E-state index contributed by atoms with van der Waals surface area (Å²) in [4.78, 5) is 54.1. The highest BCUT2D eigenvalue weighted by molar-refractivity contribution is 6.10. The second-order valence-corrected chi connectivity index (χ2v) is 9.92. The summed E-state index contributed by atoms with van der Waals surface area (Å²) in [5.74, 6) is -0.252. The molecule has 8 nitrogen and oxygen atoms in total. The SMILES string of the molecule is CCc1ccccc1N(CN1C(=O)C2C3C=CC(C4CC34)C2C1=O)C(=O)c1ccc([N+](=O)[O-])cc1. The first-order valence-corrected chi connectivity index (χ1v) is 12.1. The van der Waals surface area contributed by atoms with Crippen LogP contribution in [0.25, 0.3) is 0 Å². The van der Waals surface area contributed by atoms with Crippen molar-refractivity contribution in [1.82, 2.24) is 4.90 Å². The number of allylic oxidation sites excluding steroid dienone is 2. The third-order valence-corrected chi connectivity index (χ3v) is 8.27. The number of carbonyl (C=O) groups is 3. The molecule has 3 amide bonds. The highest BCUT2D eigenvalue weighted by Crippen LogP contribution is 2.65.